The Morgan fingerprint density at radius 1 is 1.00 bits per heavy atom. The van der Waals surface area contributed by atoms with E-state index in [0.717, 1.165) is 37.4 Å². The number of aliphatic hydroxyl groups excluding tert-OH is 1. The third-order valence-corrected chi connectivity index (χ3v) is 5.14. The quantitative estimate of drug-likeness (QED) is 0.836. The Bertz CT molecular complexity index is 424. The average Bonchev–Trinajstić information content (AvgIpc) is 2.83. The van der Waals surface area contributed by atoms with Gasteiger partial charge in [0, 0.05) is 5.92 Å². The minimum atomic E-state index is -0.308. The maximum atomic E-state index is 10.2. The molecule has 1 heterocycles. The Morgan fingerprint density at radius 3 is 2.55 bits per heavy atom. The second-order valence-corrected chi connectivity index (χ2v) is 6.76. The first kappa shape index (κ1) is 14.1. The normalized spacial score (nSPS) is 35.7. The summed E-state index contributed by atoms with van der Waals surface area (Å²) < 4.78 is 5.49. The number of nitrogens with zero attached hydrogens (tertiary/aromatic N) is 2. The van der Waals surface area contributed by atoms with Gasteiger partial charge in [0.15, 0.2) is 5.82 Å². The number of hydrogen-bond acceptors (Lipinski definition) is 4. The summed E-state index contributed by atoms with van der Waals surface area (Å²) in [5.74, 6) is 2.91. The molecule has 2 saturated carbocycles. The van der Waals surface area contributed by atoms with Crippen molar-refractivity contribution in [3.63, 3.8) is 0 Å². The minimum absolute atomic E-state index is 0.0567. The summed E-state index contributed by atoms with van der Waals surface area (Å²) in [5.41, 5.74) is 0. The molecule has 4 nitrogen and oxygen atoms in total. The number of rotatable bonds is 2. The molecule has 0 spiro atoms. The molecule has 0 bridgehead atoms. The molecule has 2 unspecified atom stereocenters. The molecular weight excluding hydrogens is 252 g/mol. The van der Waals surface area contributed by atoms with Gasteiger partial charge in [0.1, 0.15) is 0 Å². The van der Waals surface area contributed by atoms with E-state index < -0.39 is 0 Å². The van der Waals surface area contributed by atoms with Crippen molar-refractivity contribution < 1.29 is 9.63 Å². The van der Waals surface area contributed by atoms with E-state index in [1.807, 2.05) is 0 Å². The fourth-order valence-corrected chi connectivity index (χ4v) is 3.66. The summed E-state index contributed by atoms with van der Waals surface area (Å²) >= 11 is 0. The number of aliphatic hydroxyl groups is 1. The van der Waals surface area contributed by atoms with Gasteiger partial charge in [0.25, 0.3) is 0 Å². The van der Waals surface area contributed by atoms with E-state index in [-0.39, 0.29) is 12.0 Å². The largest absolute Gasteiger partial charge is 0.392 e. The highest BCUT2D eigenvalue weighted by atomic mass is 16.5. The van der Waals surface area contributed by atoms with E-state index in [9.17, 15) is 5.11 Å². The molecule has 2 aliphatic rings. The van der Waals surface area contributed by atoms with E-state index in [0.29, 0.717) is 11.8 Å². The molecule has 2 aliphatic carbocycles. The lowest BCUT2D eigenvalue weighted by Crippen LogP contribution is -2.17. The molecule has 1 N–H and O–H groups in total. The van der Waals surface area contributed by atoms with Gasteiger partial charge in [-0.15, -0.1) is 0 Å². The SMILES string of the molecule is CC1CCC(c2noc(C3CCCCCC3O)n2)CC1. The Hall–Kier alpha value is -0.900. The summed E-state index contributed by atoms with van der Waals surface area (Å²) in [7, 11) is 0. The first-order valence-corrected chi connectivity index (χ1v) is 8.25. The van der Waals surface area contributed by atoms with Gasteiger partial charge in [-0.2, -0.15) is 4.98 Å². The van der Waals surface area contributed by atoms with Crippen LogP contribution in [0.3, 0.4) is 0 Å². The molecule has 2 fully saturated rings. The predicted octanol–water partition coefficient (Wildman–Crippen LogP) is 3.77. The van der Waals surface area contributed by atoms with E-state index in [2.05, 4.69) is 17.1 Å². The van der Waals surface area contributed by atoms with Crippen LogP contribution >= 0.6 is 0 Å². The highest BCUT2D eigenvalue weighted by Crippen LogP contribution is 2.36. The number of hydrogen-bond donors (Lipinski definition) is 1. The monoisotopic (exact) mass is 278 g/mol. The van der Waals surface area contributed by atoms with Crippen LogP contribution in [0, 0.1) is 5.92 Å². The van der Waals surface area contributed by atoms with Gasteiger partial charge in [-0.1, -0.05) is 44.2 Å². The first-order valence-electron chi connectivity index (χ1n) is 8.25. The lowest BCUT2D eigenvalue weighted by molar-refractivity contribution is 0.119. The lowest BCUT2D eigenvalue weighted by Gasteiger charge is -2.23. The summed E-state index contributed by atoms with van der Waals surface area (Å²) in [6.07, 6.45) is 9.88. The van der Waals surface area contributed by atoms with E-state index in [1.54, 1.807) is 0 Å². The van der Waals surface area contributed by atoms with Crippen LogP contribution in [0.5, 0.6) is 0 Å². The van der Waals surface area contributed by atoms with Crippen LogP contribution < -0.4 is 0 Å². The molecule has 0 saturated heterocycles. The van der Waals surface area contributed by atoms with E-state index >= 15 is 0 Å². The summed E-state index contributed by atoms with van der Waals surface area (Å²) in [5, 5.41) is 14.4. The predicted molar refractivity (Wildman–Crippen MR) is 76.5 cm³/mol. The molecule has 112 valence electrons. The third kappa shape index (κ3) is 3.05. The van der Waals surface area contributed by atoms with Gasteiger partial charge in [-0.3, -0.25) is 0 Å². The van der Waals surface area contributed by atoms with Crippen LogP contribution in [0.15, 0.2) is 4.52 Å². The van der Waals surface area contributed by atoms with Crippen LogP contribution in [0.4, 0.5) is 0 Å². The zero-order valence-electron chi connectivity index (χ0n) is 12.4. The Kier molecular flexibility index (Phi) is 4.39. The molecular formula is C16H26N2O2. The van der Waals surface area contributed by atoms with Gasteiger partial charge >= 0.3 is 0 Å². The Labute approximate surface area is 121 Å². The molecule has 0 radical (unpaired) electrons. The zero-order valence-corrected chi connectivity index (χ0v) is 12.4. The fourth-order valence-electron chi connectivity index (χ4n) is 3.66. The van der Waals surface area contributed by atoms with Crippen molar-refractivity contribution in [1.29, 1.82) is 0 Å². The maximum absolute atomic E-state index is 10.2. The fraction of sp³-hybridized carbons (Fsp3) is 0.875. The topological polar surface area (TPSA) is 59.2 Å². The smallest absolute Gasteiger partial charge is 0.232 e. The second-order valence-electron chi connectivity index (χ2n) is 6.76. The van der Waals surface area contributed by atoms with Crippen molar-refractivity contribution in [2.24, 2.45) is 5.92 Å². The molecule has 3 rings (SSSR count). The van der Waals surface area contributed by atoms with Crippen molar-refractivity contribution in [2.45, 2.75) is 82.7 Å². The highest BCUT2D eigenvalue weighted by molar-refractivity contribution is 5.02. The summed E-state index contributed by atoms with van der Waals surface area (Å²) in [6.45, 7) is 2.32. The molecule has 1 aromatic heterocycles. The van der Waals surface area contributed by atoms with Crippen LogP contribution in [-0.4, -0.2) is 21.4 Å². The first-order chi connectivity index (χ1) is 9.74. The van der Waals surface area contributed by atoms with Crippen LogP contribution in [-0.2, 0) is 0 Å². The molecule has 0 aliphatic heterocycles. The Balaban J connectivity index is 1.69. The Morgan fingerprint density at radius 2 is 1.75 bits per heavy atom. The van der Waals surface area contributed by atoms with Crippen molar-refractivity contribution >= 4 is 0 Å². The van der Waals surface area contributed by atoms with Crippen LogP contribution in [0.1, 0.15) is 88.3 Å². The standard InChI is InChI=1S/C16H26N2O2/c1-11-7-9-12(10-8-11)15-17-16(20-18-15)13-5-3-2-4-6-14(13)19/h11-14,19H,2-10H2,1H3. The molecule has 1 aromatic rings. The second kappa shape index (κ2) is 6.25. The highest BCUT2D eigenvalue weighted by Gasteiger charge is 2.30. The zero-order chi connectivity index (χ0) is 13.9. The van der Waals surface area contributed by atoms with Crippen molar-refractivity contribution in [2.75, 3.05) is 0 Å². The van der Waals surface area contributed by atoms with Gasteiger partial charge < -0.3 is 9.63 Å². The third-order valence-electron chi connectivity index (χ3n) is 5.14. The number of aromatic nitrogens is 2. The van der Waals surface area contributed by atoms with E-state index in [1.165, 1.54) is 32.1 Å². The molecule has 0 aromatic carbocycles. The summed E-state index contributed by atoms with van der Waals surface area (Å²) in [4.78, 5) is 4.64. The molecule has 20 heavy (non-hydrogen) atoms. The van der Waals surface area contributed by atoms with E-state index in [4.69, 9.17) is 4.52 Å². The van der Waals surface area contributed by atoms with Gasteiger partial charge in [0.2, 0.25) is 5.89 Å². The van der Waals surface area contributed by atoms with Crippen molar-refractivity contribution in [1.82, 2.24) is 10.1 Å². The van der Waals surface area contributed by atoms with Gasteiger partial charge in [-0.05, 0) is 31.6 Å². The van der Waals surface area contributed by atoms with Gasteiger partial charge in [-0.25, -0.2) is 0 Å². The minimum Gasteiger partial charge on any atom is -0.392 e. The average molecular weight is 278 g/mol. The van der Waals surface area contributed by atoms with Crippen molar-refractivity contribution in [3.8, 4) is 0 Å². The maximum Gasteiger partial charge on any atom is 0.232 e. The van der Waals surface area contributed by atoms with Crippen molar-refractivity contribution in [3.05, 3.63) is 11.7 Å². The summed E-state index contributed by atoms with van der Waals surface area (Å²) in [6, 6.07) is 0. The molecule has 4 heteroatoms. The van der Waals surface area contributed by atoms with Crippen LogP contribution in [0.25, 0.3) is 0 Å². The lowest BCUT2D eigenvalue weighted by atomic mass is 9.83. The van der Waals surface area contributed by atoms with Crippen LogP contribution in [0.2, 0.25) is 0 Å². The molecule has 2 atom stereocenters. The molecule has 0 amide bonds. The van der Waals surface area contributed by atoms with Gasteiger partial charge in [0.05, 0.1) is 12.0 Å².